The normalized spacial score (nSPS) is 19.0. The Morgan fingerprint density at radius 1 is 1.10 bits per heavy atom. The first-order chi connectivity index (χ1) is 14.6. The summed E-state index contributed by atoms with van der Waals surface area (Å²) in [4.78, 5) is 50.2. The molecule has 0 bridgehead atoms. The minimum Gasteiger partial charge on any atom is -0.480 e. The molecule has 1 fully saturated rings. The van der Waals surface area contributed by atoms with E-state index in [1.807, 2.05) is 13.8 Å². The molecule has 0 spiro atoms. The van der Waals surface area contributed by atoms with Crippen molar-refractivity contribution in [2.45, 2.75) is 64.2 Å². The third-order valence-corrected chi connectivity index (χ3v) is 5.37. The molecule has 3 unspecified atom stereocenters. The smallest absolute Gasteiger partial charge is 0.326 e. The van der Waals surface area contributed by atoms with Crippen LogP contribution in [-0.4, -0.2) is 69.6 Å². The molecule has 1 aromatic rings. The Balaban J connectivity index is 2.17. The zero-order chi connectivity index (χ0) is 23.1. The number of benzene rings is 1. The van der Waals surface area contributed by atoms with Crippen LogP contribution in [0.15, 0.2) is 30.3 Å². The summed E-state index contributed by atoms with van der Waals surface area (Å²) in [6.45, 7) is 5.66. The molecule has 1 heterocycles. The van der Waals surface area contributed by atoms with Crippen LogP contribution in [0.5, 0.6) is 0 Å². The predicted octanol–water partition coefficient (Wildman–Crippen LogP) is 1.34. The minimum absolute atomic E-state index is 0.0886. The lowest BCUT2D eigenvalue weighted by Gasteiger charge is -2.31. The second-order valence-corrected chi connectivity index (χ2v) is 8.31. The van der Waals surface area contributed by atoms with Gasteiger partial charge in [-0.2, -0.15) is 0 Å². The van der Waals surface area contributed by atoms with Gasteiger partial charge in [0.05, 0.1) is 12.1 Å². The highest BCUT2D eigenvalue weighted by atomic mass is 16.4. The largest absolute Gasteiger partial charge is 0.480 e. The van der Waals surface area contributed by atoms with Gasteiger partial charge in [0.15, 0.2) is 0 Å². The molecule has 1 aliphatic rings. The average Bonchev–Trinajstić information content (AvgIpc) is 3.21. The van der Waals surface area contributed by atoms with E-state index in [4.69, 9.17) is 0 Å². The van der Waals surface area contributed by atoms with Crippen molar-refractivity contribution in [2.24, 2.45) is 5.92 Å². The predicted molar refractivity (Wildman–Crippen MR) is 114 cm³/mol. The van der Waals surface area contributed by atoms with Crippen LogP contribution in [-0.2, 0) is 14.4 Å². The van der Waals surface area contributed by atoms with Gasteiger partial charge in [-0.3, -0.25) is 19.7 Å². The number of nitrogens with zero attached hydrogens (tertiary/aromatic N) is 1. The molecule has 0 saturated carbocycles. The number of carboxylic acid groups (broad SMARTS) is 2. The third-order valence-electron chi connectivity index (χ3n) is 5.37. The number of hydrogen-bond donors (Lipinski definition) is 4. The van der Waals surface area contributed by atoms with E-state index >= 15 is 0 Å². The summed E-state index contributed by atoms with van der Waals surface area (Å²) >= 11 is 0. The Labute approximate surface area is 181 Å². The van der Waals surface area contributed by atoms with E-state index in [1.165, 1.54) is 11.8 Å². The molecule has 2 amide bonds. The molecule has 0 aromatic heterocycles. The van der Waals surface area contributed by atoms with Gasteiger partial charge in [-0.25, -0.2) is 4.79 Å². The SMILES string of the molecule is CC(C)CC(NC(=O)c1ccccc1)C(NC(C)C(=O)N1CCC[C@H]1C(=O)O)C(=O)O. The van der Waals surface area contributed by atoms with E-state index < -0.39 is 47.9 Å². The van der Waals surface area contributed by atoms with E-state index in [-0.39, 0.29) is 5.92 Å². The van der Waals surface area contributed by atoms with Gasteiger partial charge in [0, 0.05) is 12.1 Å². The number of nitrogens with one attached hydrogen (secondary N) is 2. The number of carboxylic acids is 2. The van der Waals surface area contributed by atoms with Crippen molar-refractivity contribution in [3.8, 4) is 0 Å². The molecule has 170 valence electrons. The third kappa shape index (κ3) is 6.52. The highest BCUT2D eigenvalue weighted by Gasteiger charge is 2.38. The maximum Gasteiger partial charge on any atom is 0.326 e. The van der Waals surface area contributed by atoms with Gasteiger partial charge in [-0.05, 0) is 44.2 Å². The molecule has 1 aromatic carbocycles. The zero-order valence-electron chi connectivity index (χ0n) is 18.1. The van der Waals surface area contributed by atoms with E-state index in [0.29, 0.717) is 31.4 Å². The molecule has 0 aliphatic carbocycles. The van der Waals surface area contributed by atoms with Crippen LogP contribution in [0.4, 0.5) is 0 Å². The van der Waals surface area contributed by atoms with Gasteiger partial charge in [-0.1, -0.05) is 32.0 Å². The Kier molecular flexibility index (Phi) is 8.56. The fourth-order valence-corrected chi connectivity index (χ4v) is 3.86. The molecule has 9 nitrogen and oxygen atoms in total. The van der Waals surface area contributed by atoms with Gasteiger partial charge in [0.25, 0.3) is 5.91 Å². The Bertz CT molecular complexity index is 798. The van der Waals surface area contributed by atoms with Gasteiger partial charge in [0.2, 0.25) is 5.91 Å². The van der Waals surface area contributed by atoms with Crippen LogP contribution in [0.3, 0.4) is 0 Å². The van der Waals surface area contributed by atoms with Crippen LogP contribution >= 0.6 is 0 Å². The quantitative estimate of drug-likeness (QED) is 0.437. The average molecular weight is 434 g/mol. The molecule has 9 heteroatoms. The second-order valence-electron chi connectivity index (χ2n) is 8.31. The van der Waals surface area contributed by atoms with Crippen molar-refractivity contribution in [2.75, 3.05) is 6.54 Å². The molecule has 31 heavy (non-hydrogen) atoms. The van der Waals surface area contributed by atoms with Crippen LogP contribution < -0.4 is 10.6 Å². The fourth-order valence-electron chi connectivity index (χ4n) is 3.86. The maximum absolute atomic E-state index is 12.8. The van der Waals surface area contributed by atoms with Crippen molar-refractivity contribution in [1.29, 1.82) is 0 Å². The van der Waals surface area contributed by atoms with E-state index in [2.05, 4.69) is 10.6 Å². The first-order valence-corrected chi connectivity index (χ1v) is 10.5. The number of rotatable bonds is 10. The van der Waals surface area contributed by atoms with E-state index in [0.717, 1.165) is 0 Å². The molecular formula is C22H31N3O6. The lowest BCUT2D eigenvalue weighted by Crippen LogP contribution is -2.60. The molecular weight excluding hydrogens is 402 g/mol. The lowest BCUT2D eigenvalue weighted by molar-refractivity contribution is -0.149. The van der Waals surface area contributed by atoms with Crippen molar-refractivity contribution < 1.29 is 29.4 Å². The number of carbonyl (C=O) groups is 4. The molecule has 4 N–H and O–H groups in total. The molecule has 1 saturated heterocycles. The fraction of sp³-hybridized carbons (Fsp3) is 0.545. The van der Waals surface area contributed by atoms with Crippen molar-refractivity contribution in [3.63, 3.8) is 0 Å². The summed E-state index contributed by atoms with van der Waals surface area (Å²) < 4.78 is 0. The number of likely N-dealkylation sites (tertiary alicyclic amines) is 1. The van der Waals surface area contributed by atoms with Crippen LogP contribution in [0.1, 0.15) is 50.4 Å². The van der Waals surface area contributed by atoms with Gasteiger partial charge in [-0.15, -0.1) is 0 Å². The summed E-state index contributed by atoms with van der Waals surface area (Å²) in [5, 5.41) is 24.8. The monoisotopic (exact) mass is 433 g/mol. The van der Waals surface area contributed by atoms with Crippen molar-refractivity contribution >= 4 is 23.8 Å². The highest BCUT2D eigenvalue weighted by Crippen LogP contribution is 2.19. The second kappa shape index (κ2) is 10.9. The summed E-state index contributed by atoms with van der Waals surface area (Å²) in [6.07, 6.45) is 1.34. The highest BCUT2D eigenvalue weighted by molar-refractivity contribution is 5.95. The van der Waals surface area contributed by atoms with Gasteiger partial charge >= 0.3 is 11.9 Å². The van der Waals surface area contributed by atoms with Gasteiger partial charge in [0.1, 0.15) is 12.1 Å². The standard InChI is InChI=1S/C22H31N3O6/c1-13(2)12-16(24-19(26)15-8-5-4-6-9-15)18(22(30)31)23-14(3)20(27)25-11-7-10-17(25)21(28)29/h4-6,8-9,13-14,16-18,23H,7,10-12H2,1-3H3,(H,24,26)(H,28,29)(H,30,31)/t14?,16?,17-,18?/m0/s1. The van der Waals surface area contributed by atoms with Gasteiger partial charge < -0.3 is 20.4 Å². The summed E-state index contributed by atoms with van der Waals surface area (Å²) in [6, 6.07) is 4.67. The first kappa shape index (κ1) is 24.3. The molecule has 4 atom stereocenters. The molecule has 1 aliphatic heterocycles. The number of carbonyl (C=O) groups excluding carboxylic acids is 2. The Hall–Kier alpha value is -2.94. The Morgan fingerprint density at radius 2 is 1.74 bits per heavy atom. The number of hydrogen-bond acceptors (Lipinski definition) is 5. The zero-order valence-corrected chi connectivity index (χ0v) is 18.1. The van der Waals surface area contributed by atoms with Crippen molar-refractivity contribution in [1.82, 2.24) is 15.5 Å². The molecule has 2 rings (SSSR count). The molecule has 0 radical (unpaired) electrons. The number of amides is 2. The Morgan fingerprint density at radius 3 is 2.29 bits per heavy atom. The van der Waals surface area contributed by atoms with E-state index in [1.54, 1.807) is 30.3 Å². The summed E-state index contributed by atoms with van der Waals surface area (Å²) in [5.74, 6) is -3.04. The lowest BCUT2D eigenvalue weighted by atomic mass is 9.96. The number of aliphatic carboxylic acids is 2. The maximum atomic E-state index is 12.8. The minimum atomic E-state index is -1.22. The van der Waals surface area contributed by atoms with Crippen LogP contribution in [0.2, 0.25) is 0 Å². The first-order valence-electron chi connectivity index (χ1n) is 10.5. The van der Waals surface area contributed by atoms with Crippen LogP contribution in [0, 0.1) is 5.92 Å². The van der Waals surface area contributed by atoms with Crippen molar-refractivity contribution in [3.05, 3.63) is 35.9 Å². The topological polar surface area (TPSA) is 136 Å². The van der Waals surface area contributed by atoms with E-state index in [9.17, 15) is 29.4 Å². The summed E-state index contributed by atoms with van der Waals surface area (Å²) in [5.41, 5.74) is 0.408. The summed E-state index contributed by atoms with van der Waals surface area (Å²) in [7, 11) is 0. The van der Waals surface area contributed by atoms with Crippen LogP contribution in [0.25, 0.3) is 0 Å².